The van der Waals surface area contributed by atoms with E-state index >= 15 is 0 Å². The van der Waals surface area contributed by atoms with Crippen LogP contribution < -0.4 is 0 Å². The topological polar surface area (TPSA) is 86.0 Å². The molecule has 3 N–H and O–H groups in total. The fourth-order valence-electron chi connectivity index (χ4n) is 0.645. The van der Waals surface area contributed by atoms with Gasteiger partial charge >= 0.3 is 0 Å². The Morgan fingerprint density at radius 2 is 0.778 bits per heavy atom. The first-order chi connectivity index (χ1) is 7.50. The van der Waals surface area contributed by atoms with Crippen LogP contribution in [0, 0.1) is 0 Å². The molecule has 6 nitrogen and oxygen atoms in total. The SMILES string of the molecule is I.I.I.c1c[nH]cn1.c1c[nH]cn1.c1c[nH]cn1. The average Bonchev–Trinajstić information content (AvgIpc) is 3.09. The molecule has 0 fully saturated rings. The van der Waals surface area contributed by atoms with Gasteiger partial charge in [0.1, 0.15) is 0 Å². The minimum Gasteiger partial charge on any atom is -0.351 e. The van der Waals surface area contributed by atoms with E-state index in [1.165, 1.54) is 0 Å². The second-order valence-electron chi connectivity index (χ2n) is 2.28. The van der Waals surface area contributed by atoms with Gasteiger partial charge in [0, 0.05) is 37.2 Å². The average molecular weight is 588 g/mol. The molecule has 0 bridgehead atoms. The normalized spacial score (nSPS) is 6.67. The van der Waals surface area contributed by atoms with Crippen molar-refractivity contribution in [2.24, 2.45) is 0 Å². The highest BCUT2D eigenvalue weighted by Crippen LogP contribution is 1.63. The number of halogens is 3. The van der Waals surface area contributed by atoms with Gasteiger partial charge in [-0.15, -0.1) is 71.9 Å². The van der Waals surface area contributed by atoms with Crippen molar-refractivity contribution in [3.05, 3.63) is 56.2 Å². The Morgan fingerprint density at radius 1 is 0.500 bits per heavy atom. The number of aromatic nitrogens is 6. The van der Waals surface area contributed by atoms with Gasteiger partial charge in [-0.3, -0.25) is 0 Å². The van der Waals surface area contributed by atoms with Crippen molar-refractivity contribution in [1.29, 1.82) is 0 Å². The summed E-state index contributed by atoms with van der Waals surface area (Å²) in [6.45, 7) is 0. The van der Waals surface area contributed by atoms with Gasteiger partial charge in [0.2, 0.25) is 0 Å². The van der Waals surface area contributed by atoms with E-state index in [0.29, 0.717) is 0 Å². The van der Waals surface area contributed by atoms with Gasteiger partial charge in [0.15, 0.2) is 0 Å². The minimum absolute atomic E-state index is 0. The van der Waals surface area contributed by atoms with Gasteiger partial charge in [-0.1, -0.05) is 0 Å². The molecule has 9 heteroatoms. The van der Waals surface area contributed by atoms with Gasteiger partial charge in [0.25, 0.3) is 0 Å². The smallest absolute Gasteiger partial charge is 0.0919 e. The van der Waals surface area contributed by atoms with Gasteiger partial charge in [0.05, 0.1) is 19.0 Å². The molecule has 0 spiro atoms. The molecule has 0 saturated carbocycles. The summed E-state index contributed by atoms with van der Waals surface area (Å²) >= 11 is 0. The Bertz CT molecular complexity index is 258. The number of rotatable bonds is 0. The lowest BCUT2D eigenvalue weighted by molar-refractivity contribution is 1.31. The van der Waals surface area contributed by atoms with E-state index in [9.17, 15) is 0 Å². The third-order valence-electron chi connectivity index (χ3n) is 1.22. The second kappa shape index (κ2) is 19.2. The molecular formula is C9H15I3N6. The monoisotopic (exact) mass is 588 g/mol. The highest BCUT2D eigenvalue weighted by Gasteiger charge is 1.57. The van der Waals surface area contributed by atoms with Crippen LogP contribution in [-0.2, 0) is 0 Å². The van der Waals surface area contributed by atoms with Crippen LogP contribution in [0.15, 0.2) is 56.2 Å². The van der Waals surface area contributed by atoms with Crippen molar-refractivity contribution < 1.29 is 0 Å². The van der Waals surface area contributed by atoms with Gasteiger partial charge in [-0.2, -0.15) is 0 Å². The Morgan fingerprint density at radius 3 is 0.833 bits per heavy atom. The highest BCUT2D eigenvalue weighted by molar-refractivity contribution is 14.0. The zero-order valence-electron chi connectivity index (χ0n) is 9.26. The molecule has 0 radical (unpaired) electrons. The van der Waals surface area contributed by atoms with Crippen LogP contribution in [0.3, 0.4) is 0 Å². The van der Waals surface area contributed by atoms with E-state index in [-0.39, 0.29) is 71.9 Å². The van der Waals surface area contributed by atoms with E-state index in [1.807, 2.05) is 0 Å². The summed E-state index contributed by atoms with van der Waals surface area (Å²) < 4.78 is 0. The summed E-state index contributed by atoms with van der Waals surface area (Å²) in [5, 5.41) is 0. The van der Waals surface area contributed by atoms with Crippen molar-refractivity contribution in [2.75, 3.05) is 0 Å². The van der Waals surface area contributed by atoms with Gasteiger partial charge in [-0.25, -0.2) is 15.0 Å². The molecule has 0 unspecified atom stereocenters. The van der Waals surface area contributed by atoms with Crippen LogP contribution in [0.1, 0.15) is 0 Å². The quantitative estimate of drug-likeness (QED) is 0.354. The minimum atomic E-state index is 0. The number of H-pyrrole nitrogens is 3. The van der Waals surface area contributed by atoms with E-state index in [0.717, 1.165) is 0 Å². The molecule has 3 aromatic rings. The molecule has 0 aliphatic heterocycles. The summed E-state index contributed by atoms with van der Waals surface area (Å²) in [4.78, 5) is 19.2. The lowest BCUT2D eigenvalue weighted by Crippen LogP contribution is -1.44. The summed E-state index contributed by atoms with van der Waals surface area (Å²) in [7, 11) is 0. The number of aromatic amines is 3. The van der Waals surface area contributed by atoms with E-state index in [4.69, 9.17) is 0 Å². The molecule has 0 aromatic carbocycles. The number of imidazole rings is 3. The lowest BCUT2D eigenvalue weighted by Gasteiger charge is -1.46. The molecule has 3 rings (SSSR count). The van der Waals surface area contributed by atoms with Crippen LogP contribution in [0.5, 0.6) is 0 Å². The Hall–Kier alpha value is -0.180. The fourth-order valence-corrected chi connectivity index (χ4v) is 0.645. The zero-order chi connectivity index (χ0) is 10.6. The molecule has 0 amide bonds. The molecular weight excluding hydrogens is 573 g/mol. The van der Waals surface area contributed by atoms with Crippen molar-refractivity contribution in [3.8, 4) is 0 Å². The molecule has 3 heterocycles. The third-order valence-corrected chi connectivity index (χ3v) is 1.22. The fraction of sp³-hybridized carbons (Fsp3) is 0. The predicted octanol–water partition coefficient (Wildman–Crippen LogP) is 3.08. The van der Waals surface area contributed by atoms with Crippen molar-refractivity contribution in [3.63, 3.8) is 0 Å². The van der Waals surface area contributed by atoms with Crippen molar-refractivity contribution in [1.82, 2.24) is 29.9 Å². The van der Waals surface area contributed by atoms with Crippen LogP contribution in [0.4, 0.5) is 0 Å². The third kappa shape index (κ3) is 15.8. The molecule has 102 valence electrons. The first kappa shape index (κ1) is 23.0. The number of nitrogens with zero attached hydrogens (tertiary/aromatic N) is 3. The van der Waals surface area contributed by atoms with Crippen molar-refractivity contribution in [2.45, 2.75) is 0 Å². The number of hydrogen-bond acceptors (Lipinski definition) is 3. The van der Waals surface area contributed by atoms with Crippen LogP contribution in [0.25, 0.3) is 0 Å². The highest BCUT2D eigenvalue weighted by atomic mass is 127. The molecule has 0 saturated heterocycles. The summed E-state index contributed by atoms with van der Waals surface area (Å²) in [6, 6.07) is 0. The maximum Gasteiger partial charge on any atom is 0.0919 e. The summed E-state index contributed by atoms with van der Waals surface area (Å²) in [5.41, 5.74) is 0. The molecule has 0 aliphatic rings. The molecule has 0 aliphatic carbocycles. The summed E-state index contributed by atoms with van der Waals surface area (Å²) in [6.07, 6.45) is 15.2. The number of nitrogens with one attached hydrogen (secondary N) is 3. The second-order valence-corrected chi connectivity index (χ2v) is 2.28. The van der Waals surface area contributed by atoms with Gasteiger partial charge < -0.3 is 15.0 Å². The van der Waals surface area contributed by atoms with Crippen LogP contribution in [0.2, 0.25) is 0 Å². The predicted molar refractivity (Wildman–Crippen MR) is 102 cm³/mol. The first-order valence-electron chi connectivity index (χ1n) is 4.28. The van der Waals surface area contributed by atoms with Crippen molar-refractivity contribution >= 4 is 71.9 Å². The Balaban J connectivity index is -0.000000173. The first-order valence-corrected chi connectivity index (χ1v) is 4.28. The molecule has 3 aromatic heterocycles. The molecule has 18 heavy (non-hydrogen) atoms. The van der Waals surface area contributed by atoms with E-state index in [1.54, 1.807) is 56.2 Å². The maximum atomic E-state index is 3.67. The van der Waals surface area contributed by atoms with E-state index in [2.05, 4.69) is 29.9 Å². The Labute approximate surface area is 156 Å². The Kier molecular flexibility index (Phi) is 24.4. The maximum absolute atomic E-state index is 3.67. The lowest BCUT2D eigenvalue weighted by atomic mass is 11.0. The van der Waals surface area contributed by atoms with Crippen LogP contribution >= 0.6 is 71.9 Å². The van der Waals surface area contributed by atoms with Crippen LogP contribution in [-0.4, -0.2) is 29.9 Å². The summed E-state index contributed by atoms with van der Waals surface area (Å²) in [5.74, 6) is 0. The molecule has 0 atom stereocenters. The largest absolute Gasteiger partial charge is 0.351 e. The standard InChI is InChI=1S/3C3H4N2.3HI/c3*1-2-5-3-4-1;;;/h3*1-3H,(H,4,5);3*1H. The van der Waals surface area contributed by atoms with Gasteiger partial charge in [-0.05, 0) is 0 Å². The number of hydrogen-bond donors (Lipinski definition) is 3. The zero-order valence-corrected chi connectivity index (χ0v) is 16.3. The van der Waals surface area contributed by atoms with E-state index < -0.39 is 0 Å².